The molecule has 0 saturated heterocycles. The van der Waals surface area contributed by atoms with Crippen LogP contribution in [0.15, 0.2) is 10.9 Å². The zero-order chi connectivity index (χ0) is 13.7. The van der Waals surface area contributed by atoms with E-state index in [1.807, 2.05) is 13.8 Å². The molecular weight excluding hydrogens is 238 g/mol. The minimum absolute atomic E-state index is 0.0131. The standard InChI is InChI=1S/C11H17N3O4/c1-6(2)10-13-8(4-9(15)14-10)12-7(5-18-3)11(16)17/h4,6-7H,5H2,1-3H3,(H,16,17)(H2,12,13,14,15). The monoisotopic (exact) mass is 255 g/mol. The van der Waals surface area contributed by atoms with Crippen LogP contribution in [0.25, 0.3) is 0 Å². The van der Waals surface area contributed by atoms with Crippen molar-refractivity contribution in [2.45, 2.75) is 25.8 Å². The van der Waals surface area contributed by atoms with Crippen LogP contribution in [0.3, 0.4) is 0 Å². The molecule has 1 unspecified atom stereocenters. The van der Waals surface area contributed by atoms with E-state index in [1.54, 1.807) is 0 Å². The van der Waals surface area contributed by atoms with Gasteiger partial charge in [-0.1, -0.05) is 13.8 Å². The maximum absolute atomic E-state index is 11.4. The molecule has 7 heteroatoms. The van der Waals surface area contributed by atoms with Gasteiger partial charge in [-0.05, 0) is 0 Å². The maximum Gasteiger partial charge on any atom is 0.328 e. The Morgan fingerprint density at radius 1 is 1.61 bits per heavy atom. The van der Waals surface area contributed by atoms with E-state index >= 15 is 0 Å². The number of nitrogens with one attached hydrogen (secondary N) is 2. The van der Waals surface area contributed by atoms with Gasteiger partial charge in [-0.15, -0.1) is 0 Å². The molecule has 7 nitrogen and oxygen atoms in total. The summed E-state index contributed by atoms with van der Waals surface area (Å²) in [6, 6.07) is 0.279. The van der Waals surface area contributed by atoms with Gasteiger partial charge in [0.1, 0.15) is 17.7 Å². The van der Waals surface area contributed by atoms with Crippen LogP contribution in [0, 0.1) is 0 Å². The fraction of sp³-hybridized carbons (Fsp3) is 0.545. The van der Waals surface area contributed by atoms with Crippen LogP contribution in [0.1, 0.15) is 25.6 Å². The van der Waals surface area contributed by atoms with Gasteiger partial charge in [-0.2, -0.15) is 0 Å². The van der Waals surface area contributed by atoms with Crippen LogP contribution in [-0.4, -0.2) is 40.8 Å². The summed E-state index contributed by atoms with van der Waals surface area (Å²) in [4.78, 5) is 29.1. The molecule has 3 N–H and O–H groups in total. The minimum Gasteiger partial charge on any atom is -0.480 e. The number of hydrogen-bond acceptors (Lipinski definition) is 5. The Bertz CT molecular complexity index is 470. The van der Waals surface area contributed by atoms with E-state index in [-0.39, 0.29) is 23.9 Å². The number of H-pyrrole nitrogens is 1. The number of ether oxygens (including phenoxy) is 1. The smallest absolute Gasteiger partial charge is 0.328 e. The number of aliphatic carboxylic acids is 1. The molecule has 1 aromatic rings. The van der Waals surface area contributed by atoms with Crippen LogP contribution in [-0.2, 0) is 9.53 Å². The van der Waals surface area contributed by atoms with Gasteiger partial charge in [-0.25, -0.2) is 9.78 Å². The second-order valence-corrected chi connectivity index (χ2v) is 4.16. The quantitative estimate of drug-likeness (QED) is 0.680. The van der Waals surface area contributed by atoms with E-state index in [1.165, 1.54) is 13.2 Å². The number of nitrogens with zero attached hydrogens (tertiary/aromatic N) is 1. The van der Waals surface area contributed by atoms with Crippen LogP contribution < -0.4 is 10.9 Å². The molecule has 0 aliphatic carbocycles. The SMILES string of the molecule is COCC(Nc1cc(=O)[nH]c(C(C)C)n1)C(=O)O. The molecule has 1 aromatic heterocycles. The molecule has 0 aliphatic heterocycles. The molecule has 1 heterocycles. The Labute approximate surface area is 104 Å². The van der Waals surface area contributed by atoms with Crippen molar-refractivity contribution in [2.75, 3.05) is 19.0 Å². The van der Waals surface area contributed by atoms with Crippen LogP contribution in [0.5, 0.6) is 0 Å². The van der Waals surface area contributed by atoms with Gasteiger partial charge in [0.25, 0.3) is 5.56 Å². The molecule has 0 aromatic carbocycles. The average Bonchev–Trinajstić information content (AvgIpc) is 2.27. The predicted molar refractivity (Wildman–Crippen MR) is 65.9 cm³/mol. The predicted octanol–water partition coefficient (Wildman–Crippen LogP) is 0.405. The first kappa shape index (κ1) is 14.2. The largest absolute Gasteiger partial charge is 0.480 e. The zero-order valence-corrected chi connectivity index (χ0v) is 10.6. The van der Waals surface area contributed by atoms with Crippen LogP contribution >= 0.6 is 0 Å². The summed E-state index contributed by atoms with van der Waals surface area (Å²) < 4.78 is 4.79. The molecular formula is C11H17N3O4. The summed E-state index contributed by atoms with van der Waals surface area (Å²) >= 11 is 0. The lowest BCUT2D eigenvalue weighted by Gasteiger charge is -2.14. The fourth-order valence-electron chi connectivity index (χ4n) is 1.34. The maximum atomic E-state index is 11.4. The average molecular weight is 255 g/mol. The third-order valence-electron chi connectivity index (χ3n) is 2.26. The lowest BCUT2D eigenvalue weighted by atomic mass is 10.2. The molecule has 0 spiro atoms. The van der Waals surface area contributed by atoms with Gasteiger partial charge >= 0.3 is 5.97 Å². The first-order chi connectivity index (χ1) is 8.43. The Balaban J connectivity index is 2.95. The van der Waals surface area contributed by atoms with Gasteiger partial charge < -0.3 is 20.1 Å². The van der Waals surface area contributed by atoms with E-state index in [4.69, 9.17) is 9.84 Å². The van der Waals surface area contributed by atoms with Crippen molar-refractivity contribution in [1.82, 2.24) is 9.97 Å². The summed E-state index contributed by atoms with van der Waals surface area (Å²) in [5, 5.41) is 11.6. The number of aromatic nitrogens is 2. The van der Waals surface area contributed by atoms with Gasteiger partial charge in [0.2, 0.25) is 0 Å². The molecule has 0 radical (unpaired) electrons. The number of rotatable bonds is 6. The van der Waals surface area contributed by atoms with Crippen molar-refractivity contribution in [3.63, 3.8) is 0 Å². The summed E-state index contributed by atoms with van der Waals surface area (Å²) in [6.07, 6.45) is 0. The molecule has 100 valence electrons. The van der Waals surface area contributed by atoms with Crippen molar-refractivity contribution in [3.05, 3.63) is 22.2 Å². The number of methoxy groups -OCH3 is 1. The van der Waals surface area contributed by atoms with Crippen molar-refractivity contribution in [3.8, 4) is 0 Å². The van der Waals surface area contributed by atoms with Crippen molar-refractivity contribution in [2.24, 2.45) is 0 Å². The Morgan fingerprint density at radius 3 is 2.78 bits per heavy atom. The lowest BCUT2D eigenvalue weighted by molar-refractivity contribution is -0.139. The van der Waals surface area contributed by atoms with Crippen molar-refractivity contribution >= 4 is 11.8 Å². The highest BCUT2D eigenvalue weighted by molar-refractivity contribution is 5.77. The Morgan fingerprint density at radius 2 is 2.28 bits per heavy atom. The fourth-order valence-corrected chi connectivity index (χ4v) is 1.34. The molecule has 0 saturated carbocycles. The minimum atomic E-state index is -1.06. The molecule has 0 amide bonds. The lowest BCUT2D eigenvalue weighted by Crippen LogP contribution is -2.34. The number of carboxylic acids is 1. The van der Waals surface area contributed by atoms with E-state index < -0.39 is 12.0 Å². The van der Waals surface area contributed by atoms with Crippen LogP contribution in [0.4, 0.5) is 5.82 Å². The molecule has 1 rings (SSSR count). The second-order valence-electron chi connectivity index (χ2n) is 4.16. The van der Waals surface area contributed by atoms with E-state index in [0.717, 1.165) is 0 Å². The zero-order valence-electron chi connectivity index (χ0n) is 10.6. The number of carbonyl (C=O) groups is 1. The molecule has 0 bridgehead atoms. The number of anilines is 1. The number of aromatic amines is 1. The summed E-state index contributed by atoms with van der Waals surface area (Å²) in [5.41, 5.74) is -0.322. The molecule has 0 fully saturated rings. The molecule has 1 atom stereocenters. The normalized spacial score (nSPS) is 12.4. The number of carboxylic acid groups (broad SMARTS) is 1. The third kappa shape index (κ3) is 3.85. The van der Waals surface area contributed by atoms with E-state index in [0.29, 0.717) is 5.82 Å². The highest BCUT2D eigenvalue weighted by Crippen LogP contribution is 2.10. The van der Waals surface area contributed by atoms with Gasteiger partial charge in [0, 0.05) is 19.1 Å². The summed E-state index contributed by atoms with van der Waals surface area (Å²) in [6.45, 7) is 3.75. The molecule has 18 heavy (non-hydrogen) atoms. The number of hydrogen-bond donors (Lipinski definition) is 3. The Hall–Kier alpha value is -1.89. The highest BCUT2D eigenvalue weighted by atomic mass is 16.5. The van der Waals surface area contributed by atoms with Crippen molar-refractivity contribution < 1.29 is 14.6 Å². The summed E-state index contributed by atoms with van der Waals surface area (Å²) in [7, 11) is 1.41. The second kappa shape index (κ2) is 6.15. The highest BCUT2D eigenvalue weighted by Gasteiger charge is 2.18. The first-order valence-electron chi connectivity index (χ1n) is 5.53. The third-order valence-corrected chi connectivity index (χ3v) is 2.26. The van der Waals surface area contributed by atoms with Gasteiger partial charge in [0.15, 0.2) is 0 Å². The van der Waals surface area contributed by atoms with Crippen LogP contribution in [0.2, 0.25) is 0 Å². The van der Waals surface area contributed by atoms with E-state index in [9.17, 15) is 9.59 Å². The van der Waals surface area contributed by atoms with E-state index in [2.05, 4.69) is 15.3 Å². The first-order valence-corrected chi connectivity index (χ1v) is 5.53. The topological polar surface area (TPSA) is 104 Å². The summed E-state index contributed by atoms with van der Waals surface area (Å²) in [5.74, 6) is -0.284. The van der Waals surface area contributed by atoms with Gasteiger partial charge in [-0.3, -0.25) is 4.79 Å². The Kier molecular flexibility index (Phi) is 4.85. The van der Waals surface area contributed by atoms with Gasteiger partial charge in [0.05, 0.1) is 6.61 Å². The van der Waals surface area contributed by atoms with Crippen molar-refractivity contribution in [1.29, 1.82) is 0 Å². The molecule has 0 aliphatic rings.